The van der Waals surface area contributed by atoms with Crippen LogP contribution in [-0.2, 0) is 5.54 Å². The van der Waals surface area contributed by atoms with Gasteiger partial charge in [0.1, 0.15) is 0 Å². The fraction of sp³-hybridized carbons (Fsp3) is 0.200. The Morgan fingerprint density at radius 1 is 1.05 bits per heavy atom. The van der Waals surface area contributed by atoms with Crippen molar-refractivity contribution < 1.29 is 5.11 Å². The zero-order valence-corrected chi connectivity index (χ0v) is 13.1. The van der Waals surface area contributed by atoms with Crippen LogP contribution in [0.1, 0.15) is 12.5 Å². The molecule has 2 N–H and O–H groups in total. The highest BCUT2D eigenvalue weighted by Crippen LogP contribution is 2.35. The number of halogens is 3. The van der Waals surface area contributed by atoms with Crippen LogP contribution in [0.2, 0.25) is 15.1 Å². The Labute approximate surface area is 133 Å². The van der Waals surface area contributed by atoms with Crippen molar-refractivity contribution in [2.24, 2.45) is 0 Å². The zero-order chi connectivity index (χ0) is 14.8. The zero-order valence-electron chi connectivity index (χ0n) is 10.8. The quantitative estimate of drug-likeness (QED) is 0.830. The van der Waals surface area contributed by atoms with Gasteiger partial charge in [0.25, 0.3) is 0 Å². The number of aliphatic hydroxyl groups is 1. The molecule has 5 heteroatoms. The second kappa shape index (κ2) is 6.23. The third-order valence-corrected chi connectivity index (χ3v) is 4.20. The van der Waals surface area contributed by atoms with Crippen molar-refractivity contribution >= 4 is 40.5 Å². The van der Waals surface area contributed by atoms with Gasteiger partial charge in [0.15, 0.2) is 0 Å². The highest BCUT2D eigenvalue weighted by Gasteiger charge is 2.28. The minimum absolute atomic E-state index is 0.129. The Hall–Kier alpha value is -0.930. The number of benzene rings is 2. The van der Waals surface area contributed by atoms with Crippen LogP contribution in [0, 0.1) is 0 Å². The van der Waals surface area contributed by atoms with Crippen molar-refractivity contribution in [2.75, 3.05) is 11.9 Å². The average molecular weight is 331 g/mol. The summed E-state index contributed by atoms with van der Waals surface area (Å²) in [4.78, 5) is 0. The van der Waals surface area contributed by atoms with Crippen molar-refractivity contribution in [3.8, 4) is 0 Å². The third-order valence-electron chi connectivity index (χ3n) is 3.13. The standard InChI is InChI=1S/C15H14Cl3NO/c1-15(9-20,12-3-2-4-13(17)14(12)18)19-11-7-5-10(16)6-8-11/h2-8,19-20H,9H2,1H3. The van der Waals surface area contributed by atoms with Gasteiger partial charge in [-0.1, -0.05) is 46.9 Å². The SMILES string of the molecule is CC(CO)(Nc1ccc(Cl)cc1)c1cccc(Cl)c1Cl. The Morgan fingerprint density at radius 2 is 1.70 bits per heavy atom. The first kappa shape index (κ1) is 15.5. The van der Waals surface area contributed by atoms with E-state index in [1.165, 1.54) is 0 Å². The number of nitrogens with one attached hydrogen (secondary N) is 1. The molecule has 0 aliphatic heterocycles. The van der Waals surface area contributed by atoms with E-state index in [1.807, 2.05) is 25.1 Å². The molecule has 0 spiro atoms. The van der Waals surface area contributed by atoms with Crippen molar-refractivity contribution in [2.45, 2.75) is 12.5 Å². The first-order chi connectivity index (χ1) is 9.46. The van der Waals surface area contributed by atoms with Gasteiger partial charge in [-0.2, -0.15) is 0 Å². The van der Waals surface area contributed by atoms with E-state index in [2.05, 4.69) is 5.32 Å². The summed E-state index contributed by atoms with van der Waals surface area (Å²) in [5, 5.41) is 14.6. The van der Waals surface area contributed by atoms with E-state index in [0.717, 1.165) is 11.3 Å². The molecule has 0 aliphatic rings. The molecule has 2 aromatic rings. The minimum Gasteiger partial charge on any atom is -0.394 e. The summed E-state index contributed by atoms with van der Waals surface area (Å²) in [5.41, 5.74) is 0.835. The van der Waals surface area contributed by atoms with Crippen molar-refractivity contribution in [3.63, 3.8) is 0 Å². The van der Waals surface area contributed by atoms with Crippen LogP contribution in [0.4, 0.5) is 5.69 Å². The lowest BCUT2D eigenvalue weighted by Crippen LogP contribution is -2.36. The number of hydrogen-bond acceptors (Lipinski definition) is 2. The lowest BCUT2D eigenvalue weighted by Gasteiger charge is -2.31. The molecule has 0 heterocycles. The number of hydrogen-bond donors (Lipinski definition) is 2. The Bertz CT molecular complexity index is 601. The first-order valence-electron chi connectivity index (χ1n) is 6.05. The lowest BCUT2D eigenvalue weighted by molar-refractivity contribution is 0.224. The number of aliphatic hydroxyl groups excluding tert-OH is 1. The maximum absolute atomic E-state index is 9.78. The smallest absolute Gasteiger partial charge is 0.0843 e. The molecule has 0 saturated carbocycles. The molecule has 106 valence electrons. The Kier molecular flexibility index (Phi) is 4.82. The second-order valence-corrected chi connectivity index (χ2v) is 5.95. The molecule has 1 atom stereocenters. The molecule has 0 radical (unpaired) electrons. The largest absolute Gasteiger partial charge is 0.394 e. The highest BCUT2D eigenvalue weighted by molar-refractivity contribution is 6.42. The van der Waals surface area contributed by atoms with Crippen molar-refractivity contribution in [1.29, 1.82) is 0 Å². The summed E-state index contributed by atoms with van der Waals surface area (Å²) in [6, 6.07) is 12.6. The van der Waals surface area contributed by atoms with Gasteiger partial charge in [0, 0.05) is 10.7 Å². The van der Waals surface area contributed by atoms with E-state index in [0.29, 0.717) is 15.1 Å². The van der Waals surface area contributed by atoms with Crippen LogP contribution >= 0.6 is 34.8 Å². The monoisotopic (exact) mass is 329 g/mol. The van der Waals surface area contributed by atoms with E-state index in [1.54, 1.807) is 24.3 Å². The van der Waals surface area contributed by atoms with Gasteiger partial charge < -0.3 is 10.4 Å². The molecular formula is C15H14Cl3NO. The minimum atomic E-state index is -0.740. The molecule has 0 fully saturated rings. The number of anilines is 1. The Balaban J connectivity index is 2.38. The molecule has 1 unspecified atom stereocenters. The maximum Gasteiger partial charge on any atom is 0.0843 e. The summed E-state index contributed by atoms with van der Waals surface area (Å²) in [6.07, 6.45) is 0. The van der Waals surface area contributed by atoms with Gasteiger partial charge in [0.05, 0.1) is 22.2 Å². The molecule has 0 saturated heterocycles. The van der Waals surface area contributed by atoms with Crippen LogP contribution in [0.5, 0.6) is 0 Å². The average Bonchev–Trinajstić information content (AvgIpc) is 2.44. The summed E-state index contributed by atoms with van der Waals surface area (Å²) in [5.74, 6) is 0. The van der Waals surface area contributed by atoms with Crippen LogP contribution in [0.15, 0.2) is 42.5 Å². The molecule has 0 aliphatic carbocycles. The molecular weight excluding hydrogens is 317 g/mol. The Morgan fingerprint density at radius 3 is 2.30 bits per heavy atom. The normalized spacial score (nSPS) is 13.8. The first-order valence-corrected chi connectivity index (χ1v) is 7.19. The topological polar surface area (TPSA) is 32.3 Å². The van der Waals surface area contributed by atoms with Gasteiger partial charge in [0.2, 0.25) is 0 Å². The molecule has 20 heavy (non-hydrogen) atoms. The van der Waals surface area contributed by atoms with Crippen LogP contribution < -0.4 is 5.32 Å². The molecule has 2 nitrogen and oxygen atoms in total. The highest BCUT2D eigenvalue weighted by atomic mass is 35.5. The summed E-state index contributed by atoms with van der Waals surface area (Å²) in [6.45, 7) is 1.73. The third kappa shape index (κ3) is 3.21. The van der Waals surface area contributed by atoms with Crippen molar-refractivity contribution in [3.05, 3.63) is 63.1 Å². The fourth-order valence-corrected chi connectivity index (χ4v) is 2.61. The summed E-state index contributed by atoms with van der Waals surface area (Å²) >= 11 is 18.1. The van der Waals surface area contributed by atoms with Gasteiger partial charge in [-0.3, -0.25) is 0 Å². The fourth-order valence-electron chi connectivity index (χ4n) is 1.97. The van der Waals surface area contributed by atoms with E-state index in [4.69, 9.17) is 34.8 Å². The molecule has 2 rings (SSSR count). The number of rotatable bonds is 4. The van der Waals surface area contributed by atoms with Crippen molar-refractivity contribution in [1.82, 2.24) is 0 Å². The van der Waals surface area contributed by atoms with Gasteiger partial charge in [-0.05, 0) is 42.8 Å². The lowest BCUT2D eigenvalue weighted by atomic mass is 9.92. The van der Waals surface area contributed by atoms with E-state index in [9.17, 15) is 5.11 Å². The molecule has 2 aromatic carbocycles. The summed E-state index contributed by atoms with van der Waals surface area (Å²) in [7, 11) is 0. The van der Waals surface area contributed by atoms with Gasteiger partial charge in [-0.15, -0.1) is 0 Å². The van der Waals surface area contributed by atoms with E-state index in [-0.39, 0.29) is 6.61 Å². The van der Waals surface area contributed by atoms with Crippen LogP contribution in [-0.4, -0.2) is 11.7 Å². The van der Waals surface area contributed by atoms with Crippen LogP contribution in [0.3, 0.4) is 0 Å². The predicted molar refractivity (Wildman–Crippen MR) is 86.0 cm³/mol. The van der Waals surface area contributed by atoms with E-state index < -0.39 is 5.54 Å². The molecule has 0 bridgehead atoms. The van der Waals surface area contributed by atoms with Crippen LogP contribution in [0.25, 0.3) is 0 Å². The predicted octanol–water partition coefficient (Wildman–Crippen LogP) is 4.97. The summed E-state index contributed by atoms with van der Waals surface area (Å²) < 4.78 is 0. The van der Waals surface area contributed by atoms with Gasteiger partial charge >= 0.3 is 0 Å². The molecule has 0 amide bonds. The molecule has 0 aromatic heterocycles. The van der Waals surface area contributed by atoms with Gasteiger partial charge in [-0.25, -0.2) is 0 Å². The van der Waals surface area contributed by atoms with E-state index >= 15 is 0 Å². The second-order valence-electron chi connectivity index (χ2n) is 4.72. The maximum atomic E-state index is 9.78.